The van der Waals surface area contributed by atoms with E-state index in [9.17, 15) is 14.4 Å². The van der Waals surface area contributed by atoms with Crippen molar-refractivity contribution in [3.8, 4) is 0 Å². The van der Waals surface area contributed by atoms with Gasteiger partial charge in [-0.05, 0) is 75.9 Å². The van der Waals surface area contributed by atoms with Gasteiger partial charge < -0.3 is 19.9 Å². The Kier molecular flexibility index (Phi) is 7.60. The van der Waals surface area contributed by atoms with E-state index in [2.05, 4.69) is 15.2 Å². The normalized spacial score (nSPS) is 15.3. The zero-order valence-corrected chi connectivity index (χ0v) is 19.7. The highest BCUT2D eigenvalue weighted by atomic mass is 16.5. The summed E-state index contributed by atoms with van der Waals surface area (Å²) in [7, 11) is 5.33. The third kappa shape index (κ3) is 5.64. The van der Waals surface area contributed by atoms with Crippen LogP contribution in [0.25, 0.3) is 0 Å². The molecule has 3 rings (SSSR count). The van der Waals surface area contributed by atoms with Crippen LogP contribution in [0.4, 0.5) is 17.1 Å². The van der Waals surface area contributed by atoms with Crippen molar-refractivity contribution in [2.75, 3.05) is 44.5 Å². The smallest absolute Gasteiger partial charge is 0.337 e. The Morgan fingerprint density at radius 2 is 1.76 bits per heavy atom. The van der Waals surface area contributed by atoms with Gasteiger partial charge in [0.1, 0.15) is 5.92 Å². The predicted molar refractivity (Wildman–Crippen MR) is 130 cm³/mol. The number of methoxy groups -OCH3 is 1. The van der Waals surface area contributed by atoms with E-state index in [1.54, 1.807) is 30.0 Å². The fraction of sp³-hybridized carbons (Fsp3) is 0.360. The SMILES string of the molecule is COC(=O)c1ccc2c(c1)NC(=O)C2C(C)=Nc1ccc(N(CCCN(C)C)C(C)=O)cc1. The molecule has 0 saturated carbocycles. The molecule has 0 aliphatic carbocycles. The molecule has 0 bridgehead atoms. The van der Waals surface area contributed by atoms with E-state index < -0.39 is 11.9 Å². The summed E-state index contributed by atoms with van der Waals surface area (Å²) in [5.41, 5.74) is 3.89. The van der Waals surface area contributed by atoms with E-state index in [0.717, 1.165) is 24.2 Å². The Morgan fingerprint density at radius 1 is 1.06 bits per heavy atom. The summed E-state index contributed by atoms with van der Waals surface area (Å²) in [5.74, 6) is -1.19. The number of carbonyl (C=O) groups excluding carboxylic acids is 3. The molecule has 2 aromatic carbocycles. The van der Waals surface area contributed by atoms with Crippen LogP contribution >= 0.6 is 0 Å². The van der Waals surface area contributed by atoms with Gasteiger partial charge in [0.25, 0.3) is 0 Å². The van der Waals surface area contributed by atoms with Crippen LogP contribution in [0.1, 0.15) is 42.1 Å². The van der Waals surface area contributed by atoms with Gasteiger partial charge >= 0.3 is 5.97 Å². The first-order valence-electron chi connectivity index (χ1n) is 10.8. The molecule has 8 heteroatoms. The van der Waals surface area contributed by atoms with Crippen LogP contribution in [0, 0.1) is 0 Å². The fourth-order valence-corrected chi connectivity index (χ4v) is 3.91. The zero-order valence-electron chi connectivity index (χ0n) is 19.7. The largest absolute Gasteiger partial charge is 0.465 e. The third-order valence-corrected chi connectivity index (χ3v) is 5.56. The Hall–Kier alpha value is -3.52. The lowest BCUT2D eigenvalue weighted by atomic mass is 9.95. The monoisotopic (exact) mass is 450 g/mol. The minimum Gasteiger partial charge on any atom is -0.465 e. The highest BCUT2D eigenvalue weighted by molar-refractivity contribution is 6.18. The average Bonchev–Trinajstić information content (AvgIpc) is 3.11. The molecule has 2 aromatic rings. The lowest BCUT2D eigenvalue weighted by Crippen LogP contribution is -2.31. The van der Waals surface area contributed by atoms with Gasteiger partial charge in [-0.15, -0.1) is 0 Å². The molecule has 1 N–H and O–H groups in total. The number of hydrogen-bond donors (Lipinski definition) is 1. The molecule has 33 heavy (non-hydrogen) atoms. The number of fused-ring (bicyclic) bond motifs is 1. The molecule has 1 aliphatic heterocycles. The number of esters is 1. The summed E-state index contributed by atoms with van der Waals surface area (Å²) in [6, 6.07) is 12.4. The number of amides is 2. The van der Waals surface area contributed by atoms with Crippen LogP contribution in [0.15, 0.2) is 47.5 Å². The van der Waals surface area contributed by atoms with Gasteiger partial charge in [0.15, 0.2) is 0 Å². The van der Waals surface area contributed by atoms with Gasteiger partial charge in [-0.1, -0.05) is 6.07 Å². The molecule has 1 heterocycles. The van der Waals surface area contributed by atoms with Crippen molar-refractivity contribution in [1.82, 2.24) is 4.90 Å². The molecule has 0 radical (unpaired) electrons. The van der Waals surface area contributed by atoms with Crippen molar-refractivity contribution in [3.63, 3.8) is 0 Å². The number of hydrogen-bond acceptors (Lipinski definition) is 6. The van der Waals surface area contributed by atoms with E-state index in [1.807, 2.05) is 45.3 Å². The first-order chi connectivity index (χ1) is 15.7. The third-order valence-electron chi connectivity index (χ3n) is 5.56. The maximum Gasteiger partial charge on any atom is 0.337 e. The van der Waals surface area contributed by atoms with Crippen molar-refractivity contribution in [1.29, 1.82) is 0 Å². The fourth-order valence-electron chi connectivity index (χ4n) is 3.91. The molecular weight excluding hydrogens is 420 g/mol. The topological polar surface area (TPSA) is 91.3 Å². The highest BCUT2D eigenvalue weighted by Crippen LogP contribution is 2.35. The Labute approximate surface area is 194 Å². The zero-order chi connectivity index (χ0) is 24.1. The average molecular weight is 451 g/mol. The number of nitrogens with zero attached hydrogens (tertiary/aromatic N) is 3. The molecular formula is C25H30N4O4. The van der Waals surface area contributed by atoms with Crippen LogP contribution in [0.2, 0.25) is 0 Å². The predicted octanol–water partition coefficient (Wildman–Crippen LogP) is 3.61. The number of carbonyl (C=O) groups is 3. The Bertz CT molecular complexity index is 1080. The van der Waals surface area contributed by atoms with Crippen LogP contribution in [-0.2, 0) is 14.3 Å². The second-order valence-electron chi connectivity index (χ2n) is 8.31. The Balaban J connectivity index is 1.78. The number of anilines is 2. The maximum absolute atomic E-state index is 12.6. The molecule has 2 amide bonds. The second kappa shape index (κ2) is 10.4. The van der Waals surface area contributed by atoms with Gasteiger partial charge in [-0.25, -0.2) is 4.79 Å². The highest BCUT2D eigenvalue weighted by Gasteiger charge is 2.33. The first-order valence-corrected chi connectivity index (χ1v) is 10.8. The molecule has 0 aromatic heterocycles. The van der Waals surface area contributed by atoms with Crippen molar-refractivity contribution in [2.24, 2.45) is 4.99 Å². The maximum atomic E-state index is 12.6. The minimum absolute atomic E-state index is 0.00764. The van der Waals surface area contributed by atoms with Crippen molar-refractivity contribution >= 4 is 40.6 Å². The number of nitrogens with one attached hydrogen (secondary N) is 1. The van der Waals surface area contributed by atoms with Crippen molar-refractivity contribution < 1.29 is 19.1 Å². The second-order valence-corrected chi connectivity index (χ2v) is 8.31. The number of rotatable bonds is 8. The van der Waals surface area contributed by atoms with Gasteiger partial charge in [0.2, 0.25) is 11.8 Å². The number of ether oxygens (including phenoxy) is 1. The van der Waals surface area contributed by atoms with E-state index in [-0.39, 0.29) is 11.8 Å². The number of aliphatic imine (C=N–C) groups is 1. The number of benzene rings is 2. The molecule has 1 aliphatic rings. The molecule has 0 spiro atoms. The molecule has 8 nitrogen and oxygen atoms in total. The minimum atomic E-state index is -0.536. The van der Waals surface area contributed by atoms with Crippen LogP contribution in [0.5, 0.6) is 0 Å². The van der Waals surface area contributed by atoms with Gasteiger partial charge in [-0.2, -0.15) is 0 Å². The molecule has 174 valence electrons. The summed E-state index contributed by atoms with van der Waals surface area (Å²) < 4.78 is 4.75. The lowest BCUT2D eigenvalue weighted by molar-refractivity contribution is -0.117. The summed E-state index contributed by atoms with van der Waals surface area (Å²) >= 11 is 0. The van der Waals surface area contributed by atoms with Crippen molar-refractivity contribution in [3.05, 3.63) is 53.6 Å². The van der Waals surface area contributed by atoms with Crippen LogP contribution in [-0.4, -0.2) is 62.7 Å². The standard InChI is InChI=1S/C25H30N4O4/c1-16(23-21-12-7-18(25(32)33-5)15-22(21)27-24(23)31)26-19-8-10-20(11-9-19)29(17(2)30)14-6-13-28(3)4/h7-12,15,23H,6,13-14H2,1-5H3,(H,27,31). The summed E-state index contributed by atoms with van der Waals surface area (Å²) in [6.07, 6.45) is 0.874. The van der Waals surface area contributed by atoms with E-state index in [1.165, 1.54) is 7.11 Å². The van der Waals surface area contributed by atoms with Gasteiger partial charge in [-0.3, -0.25) is 14.6 Å². The van der Waals surface area contributed by atoms with Crippen LogP contribution < -0.4 is 10.2 Å². The van der Waals surface area contributed by atoms with Gasteiger partial charge in [0, 0.05) is 30.6 Å². The first kappa shape index (κ1) is 24.1. The summed E-state index contributed by atoms with van der Waals surface area (Å²) in [6.45, 7) is 4.91. The quantitative estimate of drug-likeness (QED) is 0.490. The molecule has 0 fully saturated rings. The van der Waals surface area contributed by atoms with E-state index >= 15 is 0 Å². The lowest BCUT2D eigenvalue weighted by Gasteiger charge is -2.22. The molecule has 0 saturated heterocycles. The summed E-state index contributed by atoms with van der Waals surface area (Å²) in [5, 5.41) is 2.82. The van der Waals surface area contributed by atoms with Crippen LogP contribution in [0.3, 0.4) is 0 Å². The van der Waals surface area contributed by atoms with Gasteiger partial charge in [0.05, 0.1) is 18.4 Å². The molecule has 1 atom stereocenters. The Morgan fingerprint density at radius 3 is 2.36 bits per heavy atom. The molecule has 1 unspecified atom stereocenters. The summed E-state index contributed by atoms with van der Waals surface area (Å²) in [4.78, 5) is 45.0. The van der Waals surface area contributed by atoms with Crippen molar-refractivity contribution in [2.45, 2.75) is 26.2 Å². The van der Waals surface area contributed by atoms with E-state index in [4.69, 9.17) is 4.74 Å². The van der Waals surface area contributed by atoms with E-state index in [0.29, 0.717) is 29.2 Å².